The maximum atomic E-state index is 11.1. The summed E-state index contributed by atoms with van der Waals surface area (Å²) in [7, 11) is 0. The van der Waals surface area contributed by atoms with Crippen molar-refractivity contribution in [3.05, 3.63) is 16.1 Å². The van der Waals surface area contributed by atoms with E-state index in [1.165, 1.54) is 6.92 Å². The Hall–Kier alpha value is -0.530. The minimum absolute atomic E-state index is 0.0556. The van der Waals surface area contributed by atoms with Gasteiger partial charge in [0.1, 0.15) is 0 Å². The molecule has 1 N–H and O–H groups in total. The lowest BCUT2D eigenvalue weighted by molar-refractivity contribution is -0.117. The van der Waals surface area contributed by atoms with E-state index in [1.54, 1.807) is 23.1 Å². The topological polar surface area (TPSA) is 54.4 Å². The molecule has 0 fully saturated rings. The Kier molecular flexibility index (Phi) is 4.81. The fraction of sp³-hybridized carbons (Fsp3) is 0.615. The van der Waals surface area contributed by atoms with Gasteiger partial charge >= 0.3 is 0 Å². The number of amides is 1. The zero-order valence-electron chi connectivity index (χ0n) is 12.0. The second-order valence-electron chi connectivity index (χ2n) is 5.73. The molecule has 7 heteroatoms. The summed E-state index contributed by atoms with van der Waals surface area (Å²) < 4.78 is 0. The fourth-order valence-electron chi connectivity index (χ4n) is 1.82. The van der Waals surface area contributed by atoms with E-state index < -0.39 is 0 Å². The number of thioether (sulfide) groups is 1. The van der Waals surface area contributed by atoms with Crippen LogP contribution in [-0.2, 0) is 10.2 Å². The molecule has 2 unspecified atom stereocenters. The third-order valence-corrected chi connectivity index (χ3v) is 5.70. The average Bonchev–Trinajstić information content (AvgIpc) is 2.92. The molecule has 1 aliphatic rings. The summed E-state index contributed by atoms with van der Waals surface area (Å²) in [6, 6.07) is 0.0556. The number of thiazole rings is 1. The predicted molar refractivity (Wildman–Crippen MR) is 90.0 cm³/mol. The van der Waals surface area contributed by atoms with Gasteiger partial charge in [0.25, 0.3) is 0 Å². The van der Waals surface area contributed by atoms with Crippen LogP contribution in [0.15, 0.2) is 10.4 Å². The first-order valence-electron chi connectivity index (χ1n) is 6.40. The summed E-state index contributed by atoms with van der Waals surface area (Å²) in [5.41, 5.74) is 1.09. The van der Waals surface area contributed by atoms with Crippen molar-refractivity contribution in [2.45, 2.75) is 44.4 Å². The highest BCUT2D eigenvalue weighted by Gasteiger charge is 2.33. The number of carbonyl (C=O) groups excluding carboxylic acids is 1. The molecule has 0 spiro atoms. The number of nitrogens with one attached hydrogen (secondary N) is 1. The third-order valence-electron chi connectivity index (χ3n) is 2.80. The average molecular weight is 330 g/mol. The number of thiol groups is 1. The van der Waals surface area contributed by atoms with Crippen molar-refractivity contribution >= 4 is 46.8 Å². The number of amidine groups is 1. The third kappa shape index (κ3) is 3.56. The number of carbonyl (C=O) groups is 1. The van der Waals surface area contributed by atoms with Crippen molar-refractivity contribution in [1.29, 1.82) is 0 Å². The molecular weight excluding hydrogens is 310 g/mol. The van der Waals surface area contributed by atoms with Gasteiger partial charge in [0.05, 0.1) is 22.0 Å². The number of rotatable bonds is 2. The Labute approximate surface area is 133 Å². The van der Waals surface area contributed by atoms with Gasteiger partial charge in [-0.15, -0.1) is 11.3 Å². The molecule has 2 rings (SSSR count). The van der Waals surface area contributed by atoms with Crippen molar-refractivity contribution < 1.29 is 4.79 Å². The highest BCUT2D eigenvalue weighted by atomic mass is 32.2. The highest BCUT2D eigenvalue weighted by molar-refractivity contribution is 8.14. The number of nitrogens with zero attached hydrogens (tertiary/aromatic N) is 2. The molecule has 0 radical (unpaired) electrons. The molecule has 2 atom stereocenters. The molecule has 0 saturated carbocycles. The summed E-state index contributed by atoms with van der Waals surface area (Å²) >= 11 is 7.61. The van der Waals surface area contributed by atoms with E-state index in [2.05, 4.69) is 49.1 Å². The second-order valence-corrected chi connectivity index (χ2v) is 8.08. The van der Waals surface area contributed by atoms with Crippen LogP contribution in [0.25, 0.3) is 0 Å². The van der Waals surface area contributed by atoms with Crippen LogP contribution in [0, 0.1) is 0 Å². The Morgan fingerprint density at radius 1 is 1.50 bits per heavy atom. The van der Waals surface area contributed by atoms with Crippen molar-refractivity contribution in [2.75, 3.05) is 5.75 Å². The Bertz CT molecular complexity index is 533. The predicted octanol–water partition coefficient (Wildman–Crippen LogP) is 3.02. The van der Waals surface area contributed by atoms with Crippen molar-refractivity contribution in [2.24, 2.45) is 4.99 Å². The van der Waals surface area contributed by atoms with Crippen molar-refractivity contribution in [3.63, 3.8) is 0 Å². The monoisotopic (exact) mass is 329 g/mol. The van der Waals surface area contributed by atoms with E-state index >= 15 is 0 Å². The van der Waals surface area contributed by atoms with E-state index in [1.807, 2.05) is 0 Å². The minimum Gasteiger partial charge on any atom is -0.306 e. The standard InChI is InChI=1S/C13H19N3OS3/c1-7(17)14-12-16-8(5-18)10(20-12)9-6-19-11(15-9)13(2,3)4/h6,8,10,18H,5H2,1-4H3,(H,14,16,17). The van der Waals surface area contributed by atoms with Gasteiger partial charge in [-0.1, -0.05) is 32.5 Å². The number of hydrogen-bond donors (Lipinski definition) is 2. The highest BCUT2D eigenvalue weighted by Crippen LogP contribution is 2.41. The van der Waals surface area contributed by atoms with Gasteiger partial charge in [0.2, 0.25) is 5.91 Å². The Balaban J connectivity index is 2.17. The van der Waals surface area contributed by atoms with Crippen LogP contribution in [-0.4, -0.2) is 27.9 Å². The molecule has 0 aliphatic carbocycles. The molecule has 1 amide bonds. The number of aromatic nitrogens is 1. The van der Waals surface area contributed by atoms with Crippen LogP contribution < -0.4 is 5.32 Å². The Morgan fingerprint density at radius 3 is 2.70 bits per heavy atom. The molecule has 2 heterocycles. The van der Waals surface area contributed by atoms with Gasteiger partial charge in [-0.2, -0.15) is 12.6 Å². The zero-order chi connectivity index (χ0) is 14.9. The first-order valence-corrected chi connectivity index (χ1v) is 8.79. The van der Waals surface area contributed by atoms with E-state index in [9.17, 15) is 4.79 Å². The first kappa shape index (κ1) is 15.9. The molecule has 0 aromatic carbocycles. The summed E-state index contributed by atoms with van der Waals surface area (Å²) in [6.45, 7) is 7.97. The van der Waals surface area contributed by atoms with E-state index in [-0.39, 0.29) is 22.6 Å². The largest absolute Gasteiger partial charge is 0.306 e. The summed E-state index contributed by atoms with van der Waals surface area (Å²) in [5, 5.41) is 6.79. The summed E-state index contributed by atoms with van der Waals surface area (Å²) in [4.78, 5) is 20.4. The lowest BCUT2D eigenvalue weighted by Gasteiger charge is -2.15. The molecule has 20 heavy (non-hydrogen) atoms. The van der Waals surface area contributed by atoms with E-state index in [0.717, 1.165) is 10.7 Å². The van der Waals surface area contributed by atoms with Crippen LogP contribution >= 0.6 is 35.7 Å². The van der Waals surface area contributed by atoms with Crippen LogP contribution in [0.3, 0.4) is 0 Å². The van der Waals surface area contributed by atoms with Crippen LogP contribution in [0.5, 0.6) is 0 Å². The van der Waals surface area contributed by atoms with Crippen molar-refractivity contribution in [1.82, 2.24) is 10.3 Å². The second kappa shape index (κ2) is 6.07. The van der Waals surface area contributed by atoms with E-state index in [4.69, 9.17) is 4.98 Å². The molecular formula is C13H19N3OS3. The summed E-state index contributed by atoms with van der Waals surface area (Å²) in [5.74, 6) is 0.548. The minimum atomic E-state index is -0.0940. The molecule has 0 saturated heterocycles. The number of hydrogen-bond acceptors (Lipinski definition) is 6. The maximum absolute atomic E-state index is 11.1. The molecule has 1 aromatic rings. The lowest BCUT2D eigenvalue weighted by Crippen LogP contribution is -2.24. The molecule has 110 valence electrons. The normalized spacial score (nSPS) is 22.8. The van der Waals surface area contributed by atoms with Crippen molar-refractivity contribution in [3.8, 4) is 0 Å². The van der Waals surface area contributed by atoms with Gasteiger partial charge in [0.15, 0.2) is 5.17 Å². The smallest absolute Gasteiger partial charge is 0.222 e. The first-order chi connectivity index (χ1) is 9.31. The van der Waals surface area contributed by atoms with Crippen LogP contribution in [0.4, 0.5) is 0 Å². The fourth-order valence-corrected chi connectivity index (χ4v) is 4.47. The van der Waals surface area contributed by atoms with Gasteiger partial charge in [-0.05, 0) is 0 Å². The van der Waals surface area contributed by atoms with Crippen LogP contribution in [0.1, 0.15) is 43.6 Å². The SMILES string of the molecule is CC(=O)NC1=NC(CS)C(c2csc(C(C)(C)C)n2)S1. The zero-order valence-corrected chi connectivity index (χ0v) is 14.5. The van der Waals surface area contributed by atoms with Gasteiger partial charge in [0, 0.05) is 23.5 Å². The Morgan fingerprint density at radius 2 is 2.20 bits per heavy atom. The quantitative estimate of drug-likeness (QED) is 0.820. The van der Waals surface area contributed by atoms with Crippen LogP contribution in [0.2, 0.25) is 0 Å². The summed E-state index contributed by atoms with van der Waals surface area (Å²) in [6.07, 6.45) is 0. The van der Waals surface area contributed by atoms with E-state index in [0.29, 0.717) is 10.9 Å². The maximum Gasteiger partial charge on any atom is 0.222 e. The molecule has 0 bridgehead atoms. The van der Waals surface area contributed by atoms with Gasteiger partial charge in [-0.25, -0.2) is 4.98 Å². The number of aliphatic imine (C=N–C) groups is 1. The molecule has 1 aliphatic heterocycles. The van der Waals surface area contributed by atoms with Gasteiger partial charge in [-0.3, -0.25) is 9.79 Å². The molecule has 4 nitrogen and oxygen atoms in total. The van der Waals surface area contributed by atoms with Gasteiger partial charge < -0.3 is 5.32 Å². The lowest BCUT2D eigenvalue weighted by atomic mass is 9.98. The molecule has 1 aromatic heterocycles.